The Balaban J connectivity index is 2.76. The van der Waals surface area contributed by atoms with E-state index in [9.17, 15) is 9.90 Å². The molecule has 0 bridgehead atoms. The number of phenols is 1. The number of carbonyl (C=O) groups excluding carboxylic acids is 1. The van der Waals surface area contributed by atoms with Gasteiger partial charge in [-0.3, -0.25) is 4.79 Å². The van der Waals surface area contributed by atoms with Gasteiger partial charge in [0.05, 0.1) is 0 Å². The van der Waals surface area contributed by atoms with Crippen LogP contribution in [0, 0.1) is 6.92 Å². The maximum atomic E-state index is 11.6. The van der Waals surface area contributed by atoms with Crippen LogP contribution in [-0.2, 0) is 4.79 Å². The second kappa shape index (κ2) is 4.88. The van der Waals surface area contributed by atoms with Crippen LogP contribution < -0.4 is 4.74 Å². The highest BCUT2D eigenvalue weighted by molar-refractivity contribution is 5.80. The first-order valence-corrected chi connectivity index (χ1v) is 5.08. The number of amides is 1. The summed E-state index contributed by atoms with van der Waals surface area (Å²) in [7, 11) is 3.35. The van der Waals surface area contributed by atoms with Gasteiger partial charge < -0.3 is 14.7 Å². The summed E-state index contributed by atoms with van der Waals surface area (Å²) in [6.07, 6.45) is -0.559. The van der Waals surface area contributed by atoms with Gasteiger partial charge >= 0.3 is 0 Å². The van der Waals surface area contributed by atoms with Crippen LogP contribution in [0.4, 0.5) is 0 Å². The average molecular weight is 223 g/mol. The van der Waals surface area contributed by atoms with Crippen LogP contribution in [-0.4, -0.2) is 36.1 Å². The third kappa shape index (κ3) is 3.15. The van der Waals surface area contributed by atoms with Crippen LogP contribution >= 0.6 is 0 Å². The van der Waals surface area contributed by atoms with Crippen molar-refractivity contribution in [3.8, 4) is 11.5 Å². The van der Waals surface area contributed by atoms with Gasteiger partial charge in [-0.2, -0.15) is 0 Å². The van der Waals surface area contributed by atoms with Gasteiger partial charge in [-0.15, -0.1) is 0 Å². The first-order chi connectivity index (χ1) is 7.40. The second-order valence-electron chi connectivity index (χ2n) is 4.00. The van der Waals surface area contributed by atoms with Crippen LogP contribution in [0.1, 0.15) is 12.5 Å². The molecule has 88 valence electrons. The molecule has 0 saturated carbocycles. The first-order valence-electron chi connectivity index (χ1n) is 5.08. The van der Waals surface area contributed by atoms with Crippen LogP contribution in [0.5, 0.6) is 11.5 Å². The number of hydrogen-bond donors (Lipinski definition) is 1. The van der Waals surface area contributed by atoms with E-state index in [2.05, 4.69) is 0 Å². The quantitative estimate of drug-likeness (QED) is 0.846. The summed E-state index contributed by atoms with van der Waals surface area (Å²) < 4.78 is 5.45. The van der Waals surface area contributed by atoms with E-state index in [1.54, 1.807) is 33.2 Å². The van der Waals surface area contributed by atoms with Gasteiger partial charge in [-0.25, -0.2) is 0 Å². The molecule has 16 heavy (non-hydrogen) atoms. The summed E-state index contributed by atoms with van der Waals surface area (Å²) in [5.41, 5.74) is 0.888. The zero-order valence-corrected chi connectivity index (χ0v) is 10.0. The molecule has 0 aliphatic rings. The third-order valence-corrected chi connectivity index (χ3v) is 2.14. The lowest BCUT2D eigenvalue weighted by Crippen LogP contribution is -2.35. The predicted molar refractivity (Wildman–Crippen MR) is 61.6 cm³/mol. The van der Waals surface area contributed by atoms with E-state index in [0.717, 1.165) is 5.56 Å². The lowest BCUT2D eigenvalue weighted by Gasteiger charge is -2.18. The van der Waals surface area contributed by atoms with Crippen molar-refractivity contribution >= 4 is 5.91 Å². The zero-order chi connectivity index (χ0) is 12.3. The van der Waals surface area contributed by atoms with E-state index < -0.39 is 6.10 Å². The molecule has 0 fully saturated rings. The molecule has 4 heteroatoms. The van der Waals surface area contributed by atoms with Crippen molar-refractivity contribution in [2.24, 2.45) is 0 Å². The molecule has 4 nitrogen and oxygen atoms in total. The molecule has 1 N–H and O–H groups in total. The van der Waals surface area contributed by atoms with Crippen molar-refractivity contribution < 1.29 is 14.6 Å². The first kappa shape index (κ1) is 12.4. The molecule has 1 aromatic rings. The van der Waals surface area contributed by atoms with Crippen molar-refractivity contribution in [2.75, 3.05) is 14.1 Å². The molecule has 1 atom stereocenters. The molecule has 1 rings (SSSR count). The number of nitrogens with zero attached hydrogens (tertiary/aromatic N) is 1. The van der Waals surface area contributed by atoms with Gasteiger partial charge in [-0.05, 0) is 31.5 Å². The average Bonchev–Trinajstić information content (AvgIpc) is 2.14. The molecule has 0 aromatic heterocycles. The third-order valence-electron chi connectivity index (χ3n) is 2.14. The molecular weight excluding hydrogens is 206 g/mol. The molecule has 0 heterocycles. The number of likely N-dealkylation sites (N-methyl/N-ethyl adjacent to an activating group) is 1. The zero-order valence-electron chi connectivity index (χ0n) is 10.0. The standard InChI is InChI=1S/C12H17NO3/c1-8-5-10(14)7-11(6-8)16-9(2)12(15)13(3)4/h5-7,9,14H,1-4H3. The van der Waals surface area contributed by atoms with E-state index in [0.29, 0.717) is 5.75 Å². The maximum Gasteiger partial charge on any atom is 0.262 e. The van der Waals surface area contributed by atoms with E-state index in [-0.39, 0.29) is 11.7 Å². The minimum atomic E-state index is -0.559. The monoisotopic (exact) mass is 223 g/mol. The molecule has 1 aromatic carbocycles. The Labute approximate surface area is 95.5 Å². The van der Waals surface area contributed by atoms with Crippen molar-refractivity contribution in [1.29, 1.82) is 0 Å². The summed E-state index contributed by atoms with van der Waals surface area (Å²) in [6.45, 7) is 3.53. The largest absolute Gasteiger partial charge is 0.508 e. The van der Waals surface area contributed by atoms with Crippen LogP contribution in [0.25, 0.3) is 0 Å². The topological polar surface area (TPSA) is 49.8 Å². The van der Waals surface area contributed by atoms with E-state index >= 15 is 0 Å². The molecule has 0 radical (unpaired) electrons. The highest BCUT2D eigenvalue weighted by Gasteiger charge is 2.16. The number of benzene rings is 1. The minimum absolute atomic E-state index is 0.110. The normalized spacial score (nSPS) is 12.0. The van der Waals surface area contributed by atoms with E-state index in [4.69, 9.17) is 4.74 Å². The summed E-state index contributed by atoms with van der Waals surface area (Å²) in [6, 6.07) is 4.90. The fourth-order valence-corrected chi connectivity index (χ4v) is 1.41. The maximum absolute atomic E-state index is 11.6. The summed E-state index contributed by atoms with van der Waals surface area (Å²) in [5.74, 6) is 0.528. The SMILES string of the molecule is Cc1cc(O)cc(OC(C)C(=O)N(C)C)c1. The van der Waals surface area contributed by atoms with Crippen molar-refractivity contribution in [1.82, 2.24) is 4.90 Å². The van der Waals surface area contributed by atoms with Gasteiger partial charge in [0.2, 0.25) is 0 Å². The number of phenolic OH excluding ortho intramolecular Hbond substituents is 1. The Hall–Kier alpha value is -1.71. The molecule has 0 aliphatic heterocycles. The van der Waals surface area contributed by atoms with Crippen LogP contribution in [0.2, 0.25) is 0 Å². The van der Waals surface area contributed by atoms with Crippen molar-refractivity contribution in [3.05, 3.63) is 23.8 Å². The number of aryl methyl sites for hydroxylation is 1. The molecule has 1 amide bonds. The molecular formula is C12H17NO3. The molecule has 1 unspecified atom stereocenters. The van der Waals surface area contributed by atoms with E-state index in [1.807, 2.05) is 6.92 Å². The number of hydrogen-bond acceptors (Lipinski definition) is 3. The smallest absolute Gasteiger partial charge is 0.262 e. The summed E-state index contributed by atoms with van der Waals surface area (Å²) in [4.78, 5) is 13.0. The molecule has 0 spiro atoms. The summed E-state index contributed by atoms with van der Waals surface area (Å²) >= 11 is 0. The highest BCUT2D eigenvalue weighted by Crippen LogP contribution is 2.22. The number of aromatic hydroxyl groups is 1. The van der Waals surface area contributed by atoms with Gasteiger partial charge in [-0.1, -0.05) is 0 Å². The Morgan fingerprint density at radius 3 is 2.50 bits per heavy atom. The Kier molecular flexibility index (Phi) is 3.77. The Bertz CT molecular complexity index is 368. The van der Waals surface area contributed by atoms with Crippen LogP contribution in [0.3, 0.4) is 0 Å². The fraction of sp³-hybridized carbons (Fsp3) is 0.417. The van der Waals surface area contributed by atoms with Crippen molar-refractivity contribution in [2.45, 2.75) is 20.0 Å². The number of rotatable bonds is 3. The number of ether oxygens (including phenoxy) is 1. The van der Waals surface area contributed by atoms with Gasteiger partial charge in [0.25, 0.3) is 5.91 Å². The lowest BCUT2D eigenvalue weighted by molar-refractivity contribution is -0.135. The van der Waals surface area contributed by atoms with Gasteiger partial charge in [0.1, 0.15) is 11.5 Å². The minimum Gasteiger partial charge on any atom is -0.508 e. The highest BCUT2D eigenvalue weighted by atomic mass is 16.5. The van der Waals surface area contributed by atoms with Crippen LogP contribution in [0.15, 0.2) is 18.2 Å². The van der Waals surface area contributed by atoms with Gasteiger partial charge in [0, 0.05) is 20.2 Å². The Morgan fingerprint density at radius 2 is 2.00 bits per heavy atom. The molecule has 0 saturated heterocycles. The molecule has 0 aliphatic carbocycles. The lowest BCUT2D eigenvalue weighted by atomic mass is 10.2. The summed E-state index contributed by atoms with van der Waals surface area (Å²) in [5, 5.41) is 9.38. The van der Waals surface area contributed by atoms with Gasteiger partial charge in [0.15, 0.2) is 6.10 Å². The van der Waals surface area contributed by atoms with E-state index in [1.165, 1.54) is 11.0 Å². The number of carbonyl (C=O) groups is 1. The van der Waals surface area contributed by atoms with Crippen molar-refractivity contribution in [3.63, 3.8) is 0 Å². The predicted octanol–water partition coefficient (Wildman–Crippen LogP) is 1.56. The second-order valence-corrected chi connectivity index (χ2v) is 4.00. The fourth-order valence-electron chi connectivity index (χ4n) is 1.41. The Morgan fingerprint density at radius 1 is 1.38 bits per heavy atom.